The molecular formula is C12H16ClN3O. The first-order valence-corrected chi connectivity index (χ1v) is 6.24. The highest BCUT2D eigenvalue weighted by molar-refractivity contribution is 6.21. The Morgan fingerprint density at radius 1 is 1.53 bits per heavy atom. The second-order valence-corrected chi connectivity index (χ2v) is 5.11. The van der Waals surface area contributed by atoms with Gasteiger partial charge in [-0.15, -0.1) is 11.6 Å². The lowest BCUT2D eigenvalue weighted by Gasteiger charge is -2.10. The molecule has 1 aliphatic carbocycles. The van der Waals surface area contributed by atoms with E-state index >= 15 is 0 Å². The highest BCUT2D eigenvalue weighted by Gasteiger charge is 2.29. The van der Waals surface area contributed by atoms with Crippen LogP contribution in [0.3, 0.4) is 0 Å². The third kappa shape index (κ3) is 3.16. The Labute approximate surface area is 106 Å². The first kappa shape index (κ1) is 12.3. The molecule has 1 aromatic rings. The van der Waals surface area contributed by atoms with Gasteiger partial charge in [0.1, 0.15) is 0 Å². The first-order chi connectivity index (χ1) is 8.08. The summed E-state index contributed by atoms with van der Waals surface area (Å²) in [6.45, 7) is 4.12. The monoisotopic (exact) mass is 253 g/mol. The lowest BCUT2D eigenvalue weighted by atomic mass is 10.2. The number of halogens is 1. The van der Waals surface area contributed by atoms with Crippen LogP contribution < -0.4 is 5.32 Å². The molecule has 1 amide bonds. The van der Waals surface area contributed by atoms with Crippen LogP contribution in [0.15, 0.2) is 6.07 Å². The number of carbonyl (C=O) groups excluding carboxylic acids is 1. The van der Waals surface area contributed by atoms with Gasteiger partial charge in [-0.3, -0.25) is 4.79 Å². The van der Waals surface area contributed by atoms with Crippen molar-refractivity contribution >= 4 is 17.5 Å². The molecule has 92 valence electrons. The molecule has 5 heteroatoms. The largest absolute Gasteiger partial charge is 0.350 e. The predicted molar refractivity (Wildman–Crippen MR) is 66.2 cm³/mol. The number of nitrogens with one attached hydrogen (secondary N) is 1. The van der Waals surface area contributed by atoms with Gasteiger partial charge in [0, 0.05) is 6.54 Å². The van der Waals surface area contributed by atoms with Crippen LogP contribution in [-0.4, -0.2) is 28.0 Å². The van der Waals surface area contributed by atoms with E-state index in [0.717, 1.165) is 5.69 Å². The summed E-state index contributed by atoms with van der Waals surface area (Å²) < 4.78 is 0. The molecule has 1 aliphatic rings. The number of aryl methyl sites for hydroxylation is 2. The summed E-state index contributed by atoms with van der Waals surface area (Å²) in [5.74, 6) is 0.460. The van der Waals surface area contributed by atoms with Crippen LogP contribution in [-0.2, 0) is 0 Å². The number of hydrogen-bond donors (Lipinski definition) is 1. The zero-order chi connectivity index (χ0) is 12.4. The Balaban J connectivity index is 1.96. The second-order valence-electron chi connectivity index (χ2n) is 4.55. The van der Waals surface area contributed by atoms with Gasteiger partial charge < -0.3 is 5.32 Å². The molecule has 1 saturated carbocycles. The van der Waals surface area contributed by atoms with E-state index in [2.05, 4.69) is 15.5 Å². The number of alkyl halides is 1. The zero-order valence-corrected chi connectivity index (χ0v) is 10.8. The maximum Gasteiger partial charge on any atom is 0.253 e. The summed E-state index contributed by atoms with van der Waals surface area (Å²) in [5.41, 5.74) is 1.97. The average molecular weight is 254 g/mol. The highest BCUT2D eigenvalue weighted by Crippen LogP contribution is 2.35. The van der Waals surface area contributed by atoms with Crippen LogP contribution in [0, 0.1) is 19.8 Å². The fourth-order valence-electron chi connectivity index (χ4n) is 1.69. The van der Waals surface area contributed by atoms with E-state index in [0.29, 0.717) is 23.7 Å². The van der Waals surface area contributed by atoms with E-state index in [1.807, 2.05) is 6.92 Å². The molecule has 4 nitrogen and oxygen atoms in total. The molecule has 1 atom stereocenters. The van der Waals surface area contributed by atoms with E-state index in [4.69, 9.17) is 11.6 Å². The average Bonchev–Trinajstić information content (AvgIpc) is 3.12. The molecular weight excluding hydrogens is 238 g/mol. The number of rotatable bonds is 4. The van der Waals surface area contributed by atoms with Crippen LogP contribution >= 0.6 is 11.6 Å². The molecule has 0 radical (unpaired) electrons. The van der Waals surface area contributed by atoms with Gasteiger partial charge in [0.15, 0.2) is 0 Å². The summed E-state index contributed by atoms with van der Waals surface area (Å²) in [4.78, 5) is 11.9. The summed E-state index contributed by atoms with van der Waals surface area (Å²) in [7, 11) is 0. The van der Waals surface area contributed by atoms with Gasteiger partial charge in [-0.1, -0.05) is 0 Å². The summed E-state index contributed by atoms with van der Waals surface area (Å²) in [5, 5.41) is 10.7. The SMILES string of the molecule is Cc1cc(C(=O)NCC(Cl)C2CC2)c(C)nn1. The van der Waals surface area contributed by atoms with Crippen molar-refractivity contribution in [2.24, 2.45) is 5.92 Å². The molecule has 2 rings (SSSR count). The van der Waals surface area contributed by atoms with Crippen molar-refractivity contribution < 1.29 is 4.79 Å². The number of aromatic nitrogens is 2. The molecule has 0 bridgehead atoms. The predicted octanol–water partition coefficient (Wildman–Crippen LogP) is 1.84. The quantitative estimate of drug-likeness (QED) is 0.833. The Kier molecular flexibility index (Phi) is 3.62. The van der Waals surface area contributed by atoms with Crippen LogP contribution in [0.1, 0.15) is 34.6 Å². The van der Waals surface area contributed by atoms with Gasteiger partial charge in [-0.2, -0.15) is 10.2 Å². The fraction of sp³-hybridized carbons (Fsp3) is 0.583. The normalized spacial score (nSPS) is 16.6. The molecule has 1 aromatic heterocycles. The Morgan fingerprint density at radius 3 is 2.88 bits per heavy atom. The smallest absolute Gasteiger partial charge is 0.253 e. The summed E-state index contributed by atoms with van der Waals surface area (Å²) >= 11 is 6.14. The number of carbonyl (C=O) groups is 1. The Bertz CT molecular complexity index is 432. The van der Waals surface area contributed by atoms with Crippen molar-refractivity contribution in [3.05, 3.63) is 23.0 Å². The number of hydrogen-bond acceptors (Lipinski definition) is 3. The minimum absolute atomic E-state index is 0.0511. The van der Waals surface area contributed by atoms with Crippen LogP contribution in [0.4, 0.5) is 0 Å². The van der Waals surface area contributed by atoms with Gasteiger partial charge in [0.05, 0.1) is 22.3 Å². The molecule has 0 saturated heterocycles. The number of amides is 1. The molecule has 0 aromatic carbocycles. The van der Waals surface area contributed by atoms with Crippen LogP contribution in [0.2, 0.25) is 0 Å². The standard InChI is InChI=1S/C12H16ClN3O/c1-7-5-10(8(2)16-15-7)12(17)14-6-11(13)9-3-4-9/h5,9,11H,3-4,6H2,1-2H3,(H,14,17). The second kappa shape index (κ2) is 5.00. The van der Waals surface area contributed by atoms with Crippen molar-refractivity contribution in [3.8, 4) is 0 Å². The highest BCUT2D eigenvalue weighted by atomic mass is 35.5. The van der Waals surface area contributed by atoms with E-state index < -0.39 is 0 Å². The van der Waals surface area contributed by atoms with Crippen molar-refractivity contribution in [1.29, 1.82) is 0 Å². The van der Waals surface area contributed by atoms with E-state index in [1.165, 1.54) is 12.8 Å². The van der Waals surface area contributed by atoms with Crippen molar-refractivity contribution in [2.45, 2.75) is 32.1 Å². The van der Waals surface area contributed by atoms with Gasteiger partial charge in [0.2, 0.25) is 0 Å². The molecule has 1 N–H and O–H groups in total. The van der Waals surface area contributed by atoms with E-state index in [1.54, 1.807) is 13.0 Å². The molecule has 0 aliphatic heterocycles. The zero-order valence-electron chi connectivity index (χ0n) is 10.0. The Hall–Kier alpha value is -1.16. The first-order valence-electron chi connectivity index (χ1n) is 5.81. The van der Waals surface area contributed by atoms with Crippen molar-refractivity contribution in [3.63, 3.8) is 0 Å². The molecule has 1 heterocycles. The lowest BCUT2D eigenvalue weighted by Crippen LogP contribution is -2.31. The van der Waals surface area contributed by atoms with Gasteiger partial charge in [0.25, 0.3) is 5.91 Å². The maximum atomic E-state index is 11.9. The third-order valence-corrected chi connectivity index (χ3v) is 3.45. The van der Waals surface area contributed by atoms with Crippen molar-refractivity contribution in [1.82, 2.24) is 15.5 Å². The van der Waals surface area contributed by atoms with E-state index in [9.17, 15) is 4.79 Å². The summed E-state index contributed by atoms with van der Waals surface area (Å²) in [6, 6.07) is 1.75. The molecule has 1 unspecified atom stereocenters. The van der Waals surface area contributed by atoms with Gasteiger partial charge in [-0.25, -0.2) is 0 Å². The maximum absolute atomic E-state index is 11.9. The minimum Gasteiger partial charge on any atom is -0.350 e. The van der Waals surface area contributed by atoms with Crippen LogP contribution in [0.5, 0.6) is 0 Å². The molecule has 1 fully saturated rings. The lowest BCUT2D eigenvalue weighted by molar-refractivity contribution is 0.0951. The molecule has 0 spiro atoms. The van der Waals surface area contributed by atoms with Crippen molar-refractivity contribution in [2.75, 3.05) is 6.54 Å². The summed E-state index contributed by atoms with van der Waals surface area (Å²) in [6.07, 6.45) is 2.36. The Morgan fingerprint density at radius 2 is 2.24 bits per heavy atom. The third-order valence-electron chi connectivity index (χ3n) is 2.94. The molecule has 17 heavy (non-hydrogen) atoms. The van der Waals surface area contributed by atoms with Gasteiger partial charge >= 0.3 is 0 Å². The van der Waals surface area contributed by atoms with Gasteiger partial charge in [-0.05, 0) is 38.7 Å². The topological polar surface area (TPSA) is 54.9 Å². The van der Waals surface area contributed by atoms with Crippen LogP contribution in [0.25, 0.3) is 0 Å². The minimum atomic E-state index is -0.119. The number of nitrogens with zero attached hydrogens (tertiary/aromatic N) is 2. The fourth-order valence-corrected chi connectivity index (χ4v) is 2.02. The van der Waals surface area contributed by atoms with E-state index in [-0.39, 0.29) is 11.3 Å².